The minimum atomic E-state index is -2.64. The fourth-order valence-electron chi connectivity index (χ4n) is 0.650. The van der Waals surface area contributed by atoms with Crippen LogP contribution < -0.4 is 5.32 Å². The molecule has 0 bridgehead atoms. The molecule has 5 nitrogen and oxygen atoms in total. The molecule has 0 aromatic carbocycles. The molecule has 1 unspecified atom stereocenters. The average Bonchev–Trinajstić information content (AvgIpc) is 1.84. The summed E-state index contributed by atoms with van der Waals surface area (Å²) < 4.78 is 16.0. The monoisotopic (exact) mass is 195 g/mol. The molecule has 72 valence electrons. The van der Waals surface area contributed by atoms with Crippen molar-refractivity contribution in [3.63, 3.8) is 0 Å². The van der Waals surface area contributed by atoms with Crippen LogP contribution in [0.25, 0.3) is 0 Å². The Balaban J connectivity index is 3.96. The van der Waals surface area contributed by atoms with Gasteiger partial charge in [-0.3, -0.25) is 9.36 Å². The average molecular weight is 195 g/mol. The molecule has 0 rings (SSSR count). The maximum absolute atomic E-state index is 11.1. The fourth-order valence-corrected chi connectivity index (χ4v) is 1.51. The molecule has 0 heterocycles. The lowest BCUT2D eigenvalue weighted by molar-refractivity contribution is -0.128. The molecule has 0 aliphatic carbocycles. The van der Waals surface area contributed by atoms with Gasteiger partial charge in [0.05, 0.1) is 0 Å². The molecule has 0 saturated carbocycles. The Bertz CT molecular complexity index is 200. The van der Waals surface area contributed by atoms with E-state index < -0.39 is 26.1 Å². The van der Waals surface area contributed by atoms with Crippen molar-refractivity contribution in [2.75, 3.05) is 20.1 Å². The van der Waals surface area contributed by atoms with Gasteiger partial charge in [-0.15, -0.1) is 0 Å². The number of carbonyl (C=O) groups excluding carboxylic acids is 1. The molecule has 0 saturated heterocycles. The second-order valence-electron chi connectivity index (χ2n) is 2.70. The molecular weight excluding hydrogens is 181 g/mol. The van der Waals surface area contributed by atoms with Crippen molar-refractivity contribution in [2.24, 2.45) is 0 Å². The maximum Gasteiger partial charge on any atom is 0.251 e. The van der Waals surface area contributed by atoms with Crippen LogP contribution in [0.5, 0.6) is 0 Å². The van der Waals surface area contributed by atoms with E-state index in [9.17, 15) is 9.36 Å². The van der Waals surface area contributed by atoms with Crippen LogP contribution in [0.15, 0.2) is 0 Å². The van der Waals surface area contributed by atoms with Crippen molar-refractivity contribution in [2.45, 2.75) is 13.0 Å². The van der Waals surface area contributed by atoms with E-state index in [0.717, 1.165) is 0 Å². The van der Waals surface area contributed by atoms with Crippen molar-refractivity contribution in [1.29, 1.82) is 0 Å². The summed E-state index contributed by atoms with van der Waals surface area (Å²) in [5, 5.41) is 10.5. The number of rotatable bonds is 4. The normalized spacial score (nSPS) is 14.0. The minimum absolute atomic E-state index is 0.440. The van der Waals surface area contributed by atoms with Crippen LogP contribution in [0.1, 0.15) is 6.92 Å². The highest BCUT2D eigenvalue weighted by Gasteiger charge is 2.19. The third kappa shape index (κ3) is 5.29. The van der Waals surface area contributed by atoms with Gasteiger partial charge in [-0.2, -0.15) is 0 Å². The first-order valence-corrected chi connectivity index (χ1v) is 6.00. The third-order valence-electron chi connectivity index (χ3n) is 1.03. The van der Waals surface area contributed by atoms with E-state index in [-0.39, 0.29) is 0 Å². The third-order valence-corrected chi connectivity index (χ3v) is 1.86. The molecule has 0 aliphatic rings. The maximum atomic E-state index is 11.1. The Kier molecular flexibility index (Phi) is 4.45. The lowest BCUT2D eigenvalue weighted by atomic mass is 10.4. The predicted molar refractivity (Wildman–Crippen MR) is 45.2 cm³/mol. The van der Waals surface area contributed by atoms with Crippen molar-refractivity contribution in [1.82, 2.24) is 5.32 Å². The first-order valence-electron chi connectivity index (χ1n) is 3.49. The molecule has 0 aromatic rings. The fraction of sp³-hybridized carbons (Fsp3) is 0.833. The van der Waals surface area contributed by atoms with Crippen LogP contribution in [0.3, 0.4) is 0 Å². The van der Waals surface area contributed by atoms with Gasteiger partial charge in [-0.05, 0) is 6.92 Å². The van der Waals surface area contributed by atoms with E-state index in [1.807, 2.05) is 0 Å². The van der Waals surface area contributed by atoms with Gasteiger partial charge in [0.15, 0.2) is 7.37 Å². The first-order chi connectivity index (χ1) is 5.37. The molecule has 2 N–H and O–H groups in total. The zero-order valence-corrected chi connectivity index (χ0v) is 8.30. The molecule has 0 aliphatic heterocycles. The minimum Gasteiger partial charge on any atom is -0.376 e. The summed E-state index contributed by atoms with van der Waals surface area (Å²) in [4.78, 5) is 10.9. The van der Waals surface area contributed by atoms with Gasteiger partial charge in [0.1, 0.15) is 12.8 Å². The molecule has 0 aromatic heterocycles. The molecule has 1 atom stereocenters. The molecule has 0 spiro atoms. The largest absolute Gasteiger partial charge is 0.376 e. The number of hydrogen-bond donors (Lipinski definition) is 2. The SMILES string of the molecule is CC(OP(C)(C)=O)C(=O)NCO. The summed E-state index contributed by atoms with van der Waals surface area (Å²) in [6.45, 7) is 3.89. The standard InChI is InChI=1S/C6H14NO4P/c1-5(6(9)7-4-8)11-12(2,3)10/h5,8H,4H2,1-3H3,(H,7,9). The highest BCUT2D eigenvalue weighted by Crippen LogP contribution is 2.38. The Hall–Kier alpha value is -0.380. The zero-order chi connectivity index (χ0) is 9.78. The second kappa shape index (κ2) is 4.60. The number of aliphatic hydroxyl groups excluding tert-OH is 1. The van der Waals surface area contributed by atoms with E-state index in [2.05, 4.69) is 5.32 Å². The van der Waals surface area contributed by atoms with Crippen LogP contribution in [0.4, 0.5) is 0 Å². The van der Waals surface area contributed by atoms with Gasteiger partial charge in [-0.25, -0.2) is 0 Å². The first kappa shape index (κ1) is 11.6. The van der Waals surface area contributed by atoms with Crippen molar-refractivity contribution >= 4 is 13.3 Å². The van der Waals surface area contributed by atoms with Gasteiger partial charge in [0, 0.05) is 13.3 Å². The Labute approximate surface area is 71.6 Å². The van der Waals surface area contributed by atoms with Gasteiger partial charge >= 0.3 is 0 Å². The number of carbonyl (C=O) groups is 1. The lowest BCUT2D eigenvalue weighted by Crippen LogP contribution is -2.34. The molecule has 6 heteroatoms. The number of nitrogens with one attached hydrogen (secondary N) is 1. The summed E-state index contributed by atoms with van der Waals surface area (Å²) in [5.41, 5.74) is 0. The molecule has 1 amide bonds. The number of aliphatic hydroxyl groups is 1. The van der Waals surface area contributed by atoms with E-state index in [4.69, 9.17) is 9.63 Å². The lowest BCUT2D eigenvalue weighted by Gasteiger charge is -2.14. The molecule has 0 radical (unpaired) electrons. The van der Waals surface area contributed by atoms with E-state index in [1.54, 1.807) is 0 Å². The van der Waals surface area contributed by atoms with Gasteiger partial charge in [0.25, 0.3) is 5.91 Å². The van der Waals surface area contributed by atoms with E-state index in [1.165, 1.54) is 20.3 Å². The Morgan fingerprint density at radius 3 is 2.50 bits per heavy atom. The van der Waals surface area contributed by atoms with Gasteiger partial charge < -0.3 is 14.9 Å². The smallest absolute Gasteiger partial charge is 0.251 e. The van der Waals surface area contributed by atoms with Gasteiger partial charge in [0.2, 0.25) is 0 Å². The number of hydrogen-bond acceptors (Lipinski definition) is 4. The van der Waals surface area contributed by atoms with Crippen LogP contribution in [0, 0.1) is 0 Å². The Morgan fingerprint density at radius 1 is 1.67 bits per heavy atom. The highest BCUT2D eigenvalue weighted by atomic mass is 31.2. The van der Waals surface area contributed by atoms with Crippen molar-refractivity contribution in [3.05, 3.63) is 0 Å². The quantitative estimate of drug-likeness (QED) is 0.489. The topological polar surface area (TPSA) is 75.6 Å². The van der Waals surface area contributed by atoms with Crippen molar-refractivity contribution < 1.29 is 19.0 Å². The summed E-state index contributed by atoms with van der Waals surface area (Å²) in [7, 11) is -2.64. The van der Waals surface area contributed by atoms with Crippen LogP contribution >= 0.6 is 7.37 Å². The van der Waals surface area contributed by atoms with Gasteiger partial charge in [-0.1, -0.05) is 0 Å². The van der Waals surface area contributed by atoms with E-state index in [0.29, 0.717) is 0 Å². The predicted octanol–water partition coefficient (Wildman–Crippen LogP) is -0.00480. The Morgan fingerprint density at radius 2 is 2.17 bits per heavy atom. The van der Waals surface area contributed by atoms with E-state index >= 15 is 0 Å². The van der Waals surface area contributed by atoms with Crippen LogP contribution in [0.2, 0.25) is 0 Å². The van der Waals surface area contributed by atoms with Crippen molar-refractivity contribution in [3.8, 4) is 0 Å². The summed E-state index contributed by atoms with van der Waals surface area (Å²) in [5.74, 6) is -0.471. The second-order valence-corrected chi connectivity index (χ2v) is 5.41. The zero-order valence-electron chi connectivity index (χ0n) is 7.40. The number of amides is 1. The molecule has 0 fully saturated rings. The molecule has 12 heavy (non-hydrogen) atoms. The molecular formula is C6H14NO4P. The van der Waals surface area contributed by atoms with Crippen LogP contribution in [-0.2, 0) is 13.9 Å². The summed E-state index contributed by atoms with van der Waals surface area (Å²) in [6.07, 6.45) is -0.794. The summed E-state index contributed by atoms with van der Waals surface area (Å²) >= 11 is 0. The van der Waals surface area contributed by atoms with Crippen LogP contribution in [-0.4, -0.2) is 37.2 Å². The summed E-state index contributed by atoms with van der Waals surface area (Å²) in [6, 6.07) is 0. The highest BCUT2D eigenvalue weighted by molar-refractivity contribution is 7.57.